The summed E-state index contributed by atoms with van der Waals surface area (Å²) < 4.78 is 28.4. The Kier molecular flexibility index (Phi) is 16.4. The van der Waals surface area contributed by atoms with Crippen LogP contribution >= 0.6 is 0 Å². The van der Waals surface area contributed by atoms with E-state index in [1.165, 1.54) is 19.9 Å². The molecule has 0 radical (unpaired) electrons. The molecule has 0 aliphatic heterocycles. The molecule has 0 aliphatic rings. The van der Waals surface area contributed by atoms with Crippen molar-refractivity contribution < 1.29 is 38.1 Å². The van der Waals surface area contributed by atoms with Gasteiger partial charge >= 0.3 is 0 Å². The maximum atomic E-state index is 16.0. The van der Waals surface area contributed by atoms with Gasteiger partial charge in [0.1, 0.15) is 46.0 Å². The Morgan fingerprint density at radius 1 is 0.395 bits per heavy atom. The van der Waals surface area contributed by atoms with Crippen LogP contribution in [0.25, 0.3) is 43.1 Å². The van der Waals surface area contributed by atoms with E-state index >= 15 is 9.59 Å². The minimum absolute atomic E-state index is 0.0477. The number of rotatable bonds is 20. The van der Waals surface area contributed by atoms with Crippen molar-refractivity contribution in [3.8, 4) is 46.0 Å². The van der Waals surface area contributed by atoms with E-state index in [0.717, 1.165) is 27.8 Å². The summed E-state index contributed by atoms with van der Waals surface area (Å²) in [5.74, 6) is 2.05. The molecule has 0 spiro atoms. The summed E-state index contributed by atoms with van der Waals surface area (Å²) in [7, 11) is 0. The average Bonchev–Trinajstić information content (AvgIpc) is 0.740. The molecule has 9 nitrogen and oxygen atoms in total. The molecule has 0 bridgehead atoms. The van der Waals surface area contributed by atoms with E-state index in [4.69, 9.17) is 18.9 Å². The fourth-order valence-electron chi connectivity index (χ4n) is 12.0. The Hall–Kier alpha value is -9.86. The van der Waals surface area contributed by atoms with Crippen LogP contribution < -0.4 is 24.3 Å². The topological polar surface area (TPSA) is 117 Å². The van der Waals surface area contributed by atoms with Crippen LogP contribution in [0.1, 0.15) is 152 Å². The highest BCUT2D eigenvalue weighted by molar-refractivity contribution is 6.42. The van der Waals surface area contributed by atoms with Crippen molar-refractivity contribution >= 4 is 72.0 Å². The second-order valence-electron chi connectivity index (χ2n) is 23.3. The molecule has 0 saturated carbocycles. The third-order valence-electron chi connectivity index (χ3n) is 16.1. The molecule has 0 unspecified atom stereocenters. The van der Waals surface area contributed by atoms with Gasteiger partial charge in [0, 0.05) is 66.5 Å². The minimum atomic E-state index is -0.467. The van der Waals surface area contributed by atoms with Crippen LogP contribution in [-0.2, 0) is 11.2 Å². The van der Waals surface area contributed by atoms with Crippen LogP contribution in [0.2, 0.25) is 0 Å². The molecule has 430 valence electrons. The normalized spacial score (nSPS) is 11.9. The quantitative estimate of drug-likeness (QED) is 0.0347. The van der Waals surface area contributed by atoms with Crippen molar-refractivity contribution in [1.82, 2.24) is 0 Å². The number of anilines is 1. The maximum absolute atomic E-state index is 16.0. The molecule has 11 aromatic rings. The van der Waals surface area contributed by atoms with Gasteiger partial charge in [0.15, 0.2) is 17.3 Å². The van der Waals surface area contributed by atoms with Gasteiger partial charge in [-0.05, 0) is 156 Å². The van der Waals surface area contributed by atoms with E-state index in [-0.39, 0.29) is 75.6 Å². The first-order valence-corrected chi connectivity index (χ1v) is 29.5. The Bertz CT molecular complexity index is 4360. The molecular formula is C77H69NO8. The lowest BCUT2D eigenvalue weighted by molar-refractivity contribution is -0.113. The highest BCUT2D eigenvalue weighted by Crippen LogP contribution is 2.56. The summed E-state index contributed by atoms with van der Waals surface area (Å²) in [6, 6.07) is 58.5. The molecule has 11 rings (SSSR count). The van der Waals surface area contributed by atoms with Gasteiger partial charge in [-0.3, -0.25) is 19.2 Å². The third kappa shape index (κ3) is 11.3. The Balaban J connectivity index is 1.34. The van der Waals surface area contributed by atoms with Crippen LogP contribution in [0.15, 0.2) is 200 Å². The van der Waals surface area contributed by atoms with Gasteiger partial charge in [0.2, 0.25) is 0 Å². The molecule has 86 heavy (non-hydrogen) atoms. The smallest absolute Gasteiger partial charge is 0.256 e. The van der Waals surface area contributed by atoms with Crippen LogP contribution in [0.4, 0.5) is 5.69 Å². The number of ketones is 3. The van der Waals surface area contributed by atoms with E-state index < -0.39 is 11.7 Å². The van der Waals surface area contributed by atoms with Crippen molar-refractivity contribution in [1.29, 1.82) is 0 Å². The van der Waals surface area contributed by atoms with E-state index in [1.54, 1.807) is 18.2 Å². The van der Waals surface area contributed by atoms with Crippen molar-refractivity contribution in [2.75, 3.05) is 5.32 Å². The van der Waals surface area contributed by atoms with E-state index in [9.17, 15) is 9.59 Å². The van der Waals surface area contributed by atoms with Crippen LogP contribution in [0.5, 0.6) is 46.0 Å². The molecule has 0 aliphatic carbocycles. The second kappa shape index (κ2) is 24.4. The lowest BCUT2D eigenvalue weighted by Gasteiger charge is -2.26. The maximum Gasteiger partial charge on any atom is 0.256 e. The fraction of sp³-hybridized carbons (Fsp3) is 0.195. The van der Waals surface area contributed by atoms with E-state index in [2.05, 4.69) is 78.9 Å². The van der Waals surface area contributed by atoms with Gasteiger partial charge in [-0.1, -0.05) is 165 Å². The average molecular weight is 1140 g/mol. The predicted molar refractivity (Wildman–Crippen MR) is 348 cm³/mol. The van der Waals surface area contributed by atoms with Gasteiger partial charge in [0.05, 0.1) is 5.56 Å². The third-order valence-corrected chi connectivity index (χ3v) is 16.1. The number of ether oxygens (including phenoxy) is 4. The lowest BCUT2D eigenvalue weighted by Crippen LogP contribution is -2.17. The monoisotopic (exact) mass is 1140 g/mol. The molecule has 0 saturated heterocycles. The number of hydrogen-bond donors (Lipinski definition) is 1. The summed E-state index contributed by atoms with van der Waals surface area (Å²) in [6.45, 7) is 20.0. The number of Topliss-reactive ketones (excluding diaryl/α,β-unsaturated/α-hetero) is 2. The summed E-state index contributed by atoms with van der Waals surface area (Å²) >= 11 is 0. The number of carbonyl (C=O) groups is 4. The molecule has 11 aromatic carbocycles. The number of para-hydroxylation sites is 5. The first-order valence-electron chi connectivity index (χ1n) is 29.5. The SMILES string of the molecule is CC(=O)/C(=C/C(=O)c1cc(Oc2ccccc2)c2c3c(Oc4ccccc4)cc(C(=O)Nc4c(C(C)C)cccc4C(C)C)c4c(C(C)=O)cc(Oc5ccccc5)c(c5c(Oc6ccccc6)ccc1c52)c43)Cc1c(C(C)C)cccc1C(C)C. The van der Waals surface area contributed by atoms with Crippen LogP contribution in [-0.4, -0.2) is 23.3 Å². The predicted octanol–water partition coefficient (Wildman–Crippen LogP) is 20.8. The van der Waals surface area contributed by atoms with Gasteiger partial charge in [0.25, 0.3) is 5.91 Å². The fourth-order valence-corrected chi connectivity index (χ4v) is 12.0. The zero-order valence-electron chi connectivity index (χ0n) is 50.3. The lowest BCUT2D eigenvalue weighted by atomic mass is 9.82. The van der Waals surface area contributed by atoms with Crippen LogP contribution in [0.3, 0.4) is 0 Å². The first-order chi connectivity index (χ1) is 41.5. The number of nitrogens with one attached hydrogen (secondary N) is 1. The number of allylic oxidation sites excluding steroid dienone is 2. The molecule has 0 aromatic heterocycles. The summed E-state index contributed by atoms with van der Waals surface area (Å²) in [6.07, 6.45) is 1.73. The molecule has 0 fully saturated rings. The Morgan fingerprint density at radius 3 is 1.20 bits per heavy atom. The first kappa shape index (κ1) is 57.9. The van der Waals surface area contributed by atoms with Crippen molar-refractivity contribution in [2.45, 2.75) is 99.3 Å². The zero-order chi connectivity index (χ0) is 60.5. The van der Waals surface area contributed by atoms with E-state index in [1.807, 2.05) is 152 Å². The molecule has 0 atom stereocenters. The highest BCUT2D eigenvalue weighted by atomic mass is 16.5. The van der Waals surface area contributed by atoms with Gasteiger partial charge in [-0.15, -0.1) is 0 Å². The summed E-state index contributed by atoms with van der Waals surface area (Å²) in [4.78, 5) is 60.6. The summed E-state index contributed by atoms with van der Waals surface area (Å²) in [5, 5.41) is 7.12. The number of benzene rings is 11. The van der Waals surface area contributed by atoms with Crippen molar-refractivity contribution in [3.05, 3.63) is 244 Å². The molecule has 1 N–H and O–H groups in total. The molecular weight excluding hydrogens is 1070 g/mol. The van der Waals surface area contributed by atoms with Gasteiger partial charge in [-0.25, -0.2) is 0 Å². The standard InChI is InChI=1S/C77H69NO8/c1-44(2)55-33-23-34-56(45(3)4)61(55)39-50(48(9)79)40-64(81)62-42-67(85-53-29-19-13-20-30-53)72-70-59(62)37-38-65(83-51-25-15-11-16-26-51)71(70)73-66(84-52-27-17-12-18-28-52)41-60(49(10)80)69-63(43-68(74(72)75(69)73)86-54-31-21-14-22-32-54)77(82)78-76-57(46(5)6)35-24-36-58(76)47(7)8/h11-38,40-47H,39H2,1-10H3,(H,78,82)/b50-40+. The number of fused-ring (bicyclic) bond motifs is 2. The van der Waals surface area contributed by atoms with Crippen molar-refractivity contribution in [3.63, 3.8) is 0 Å². The number of carbonyl (C=O) groups excluding carboxylic acids is 4. The van der Waals surface area contributed by atoms with Crippen LogP contribution in [0, 0.1) is 0 Å². The van der Waals surface area contributed by atoms with Gasteiger partial charge in [-0.2, -0.15) is 0 Å². The minimum Gasteiger partial charge on any atom is -0.457 e. The summed E-state index contributed by atoms with van der Waals surface area (Å²) in [5.41, 5.74) is 6.87. The largest absolute Gasteiger partial charge is 0.457 e. The Labute approximate surface area is 502 Å². The van der Waals surface area contributed by atoms with Crippen molar-refractivity contribution in [2.24, 2.45) is 0 Å². The highest BCUT2D eigenvalue weighted by Gasteiger charge is 2.33. The Morgan fingerprint density at radius 2 is 0.779 bits per heavy atom. The van der Waals surface area contributed by atoms with Gasteiger partial charge < -0.3 is 24.3 Å². The molecule has 0 heterocycles. The number of amides is 1. The van der Waals surface area contributed by atoms with E-state index in [0.29, 0.717) is 83.1 Å². The number of hydrogen-bond acceptors (Lipinski definition) is 8. The molecule has 1 amide bonds. The molecule has 9 heteroatoms. The second-order valence-corrected chi connectivity index (χ2v) is 23.3. The zero-order valence-corrected chi connectivity index (χ0v) is 50.3.